The van der Waals surface area contributed by atoms with Gasteiger partial charge < -0.3 is 5.32 Å². The monoisotopic (exact) mass is 349 g/mol. The highest BCUT2D eigenvalue weighted by molar-refractivity contribution is 7.94. The van der Waals surface area contributed by atoms with Crippen molar-refractivity contribution in [2.24, 2.45) is 0 Å². The van der Waals surface area contributed by atoms with Crippen molar-refractivity contribution in [1.82, 2.24) is 15.2 Å². The molecule has 0 bridgehead atoms. The molecule has 2 N–H and O–H groups in total. The van der Waals surface area contributed by atoms with Crippen LogP contribution in [0.15, 0.2) is 40.9 Å². The summed E-state index contributed by atoms with van der Waals surface area (Å²) in [6, 6.07) is 9.03. The van der Waals surface area contributed by atoms with Crippen molar-refractivity contribution in [3.05, 3.63) is 36.5 Å². The lowest BCUT2D eigenvalue weighted by molar-refractivity contribution is -0.114. The number of benzene rings is 1. The van der Waals surface area contributed by atoms with E-state index in [1.807, 2.05) is 24.3 Å². The highest BCUT2D eigenvalue weighted by Gasteiger charge is 2.21. The van der Waals surface area contributed by atoms with E-state index in [-0.39, 0.29) is 15.4 Å². The SMILES string of the molecule is CC(=O)Nc1nnc(S(=O)(=O)Nc2cnc3ccccc3c2)s1. The van der Waals surface area contributed by atoms with Crippen LogP contribution in [0.5, 0.6) is 0 Å². The minimum atomic E-state index is -3.89. The largest absolute Gasteiger partial charge is 0.301 e. The molecular formula is C13H11N5O3S2. The van der Waals surface area contributed by atoms with E-state index < -0.39 is 10.0 Å². The van der Waals surface area contributed by atoms with Crippen LogP contribution < -0.4 is 10.0 Å². The minimum absolute atomic E-state index is 0.120. The van der Waals surface area contributed by atoms with Crippen LogP contribution in [-0.2, 0) is 14.8 Å². The summed E-state index contributed by atoms with van der Waals surface area (Å²) in [7, 11) is -3.89. The number of hydrogen-bond acceptors (Lipinski definition) is 7. The van der Waals surface area contributed by atoms with Gasteiger partial charge in [-0.1, -0.05) is 29.5 Å². The molecule has 118 valence electrons. The quantitative estimate of drug-likeness (QED) is 0.695. The third-order valence-electron chi connectivity index (χ3n) is 2.76. The molecule has 0 atom stereocenters. The van der Waals surface area contributed by atoms with Crippen molar-refractivity contribution in [3.63, 3.8) is 0 Å². The molecule has 0 saturated carbocycles. The summed E-state index contributed by atoms with van der Waals surface area (Å²) in [6.07, 6.45) is 1.43. The zero-order valence-corrected chi connectivity index (χ0v) is 13.5. The highest BCUT2D eigenvalue weighted by atomic mass is 32.2. The molecule has 3 aromatic rings. The van der Waals surface area contributed by atoms with Gasteiger partial charge in [0.2, 0.25) is 11.0 Å². The zero-order valence-electron chi connectivity index (χ0n) is 11.8. The maximum absolute atomic E-state index is 12.3. The average Bonchev–Trinajstić information content (AvgIpc) is 2.95. The molecule has 0 radical (unpaired) electrons. The summed E-state index contributed by atoms with van der Waals surface area (Å²) < 4.78 is 26.7. The summed E-state index contributed by atoms with van der Waals surface area (Å²) in [5.41, 5.74) is 1.08. The summed E-state index contributed by atoms with van der Waals surface area (Å²) >= 11 is 0.766. The van der Waals surface area contributed by atoms with Gasteiger partial charge in [-0.25, -0.2) is 0 Å². The molecule has 0 fully saturated rings. The molecule has 0 spiro atoms. The predicted molar refractivity (Wildman–Crippen MR) is 86.8 cm³/mol. The second-order valence-electron chi connectivity index (χ2n) is 4.58. The summed E-state index contributed by atoms with van der Waals surface area (Å²) in [4.78, 5) is 15.1. The third kappa shape index (κ3) is 3.43. The number of nitrogens with zero attached hydrogens (tertiary/aromatic N) is 3. The zero-order chi connectivity index (χ0) is 16.4. The maximum atomic E-state index is 12.3. The Morgan fingerprint density at radius 1 is 1.22 bits per heavy atom. The van der Waals surface area contributed by atoms with Gasteiger partial charge >= 0.3 is 0 Å². The van der Waals surface area contributed by atoms with Crippen LogP contribution >= 0.6 is 11.3 Å². The predicted octanol–water partition coefficient (Wildman–Crippen LogP) is 1.85. The number of fused-ring (bicyclic) bond motifs is 1. The summed E-state index contributed by atoms with van der Waals surface area (Å²) in [5, 5.41) is 10.5. The first kappa shape index (κ1) is 15.3. The number of carbonyl (C=O) groups excluding carboxylic acids is 1. The number of hydrogen-bond donors (Lipinski definition) is 2. The number of nitrogens with one attached hydrogen (secondary N) is 2. The average molecular weight is 349 g/mol. The number of sulfonamides is 1. The van der Waals surface area contributed by atoms with E-state index >= 15 is 0 Å². The third-order valence-corrected chi connectivity index (χ3v) is 5.35. The summed E-state index contributed by atoms with van der Waals surface area (Å²) in [6.45, 7) is 1.30. The molecule has 1 aromatic carbocycles. The standard InChI is InChI=1S/C13H11N5O3S2/c1-8(19)15-12-16-17-13(22-12)23(20,21)18-10-6-9-4-2-3-5-11(9)14-7-10/h2-7,18H,1H3,(H,15,16,19). The molecule has 2 heterocycles. The first-order chi connectivity index (χ1) is 10.9. The Balaban J connectivity index is 1.87. The molecule has 0 aliphatic carbocycles. The topological polar surface area (TPSA) is 114 Å². The van der Waals surface area contributed by atoms with Crippen LogP contribution in [0.4, 0.5) is 10.8 Å². The van der Waals surface area contributed by atoms with Crippen molar-refractivity contribution >= 4 is 49.0 Å². The summed E-state index contributed by atoms with van der Waals surface area (Å²) in [5.74, 6) is -0.350. The second-order valence-corrected chi connectivity index (χ2v) is 7.41. The molecule has 0 unspecified atom stereocenters. The van der Waals surface area contributed by atoms with Gasteiger partial charge in [0.25, 0.3) is 14.4 Å². The van der Waals surface area contributed by atoms with Crippen LogP contribution in [0.2, 0.25) is 0 Å². The lowest BCUT2D eigenvalue weighted by Crippen LogP contribution is -2.12. The fraction of sp³-hybridized carbons (Fsp3) is 0.0769. The second kappa shape index (κ2) is 5.89. The molecule has 0 saturated heterocycles. The van der Waals surface area contributed by atoms with Gasteiger partial charge in [-0.15, -0.1) is 10.2 Å². The first-order valence-electron chi connectivity index (χ1n) is 6.43. The van der Waals surface area contributed by atoms with Crippen molar-refractivity contribution in [3.8, 4) is 0 Å². The van der Waals surface area contributed by atoms with Crippen molar-refractivity contribution < 1.29 is 13.2 Å². The van der Waals surface area contributed by atoms with Gasteiger partial charge in [-0.05, 0) is 12.1 Å². The molecule has 8 nitrogen and oxygen atoms in total. The number of pyridine rings is 1. The maximum Gasteiger partial charge on any atom is 0.291 e. The van der Waals surface area contributed by atoms with Crippen LogP contribution in [0, 0.1) is 0 Å². The van der Waals surface area contributed by atoms with Gasteiger partial charge in [-0.3, -0.25) is 14.5 Å². The smallest absolute Gasteiger partial charge is 0.291 e. The Bertz CT molecular complexity index is 984. The molecule has 3 rings (SSSR count). The van der Waals surface area contributed by atoms with Gasteiger partial charge in [-0.2, -0.15) is 8.42 Å². The Morgan fingerprint density at radius 3 is 2.78 bits per heavy atom. The van der Waals surface area contributed by atoms with Crippen molar-refractivity contribution in [2.75, 3.05) is 10.0 Å². The van der Waals surface area contributed by atoms with Crippen LogP contribution in [0.25, 0.3) is 10.9 Å². The van der Waals surface area contributed by atoms with Crippen LogP contribution in [-0.4, -0.2) is 29.5 Å². The Labute approximate surface area is 135 Å². The number of rotatable bonds is 4. The van der Waals surface area contributed by atoms with Gasteiger partial charge in [0, 0.05) is 12.3 Å². The van der Waals surface area contributed by atoms with Gasteiger partial charge in [0.05, 0.1) is 17.4 Å². The molecule has 2 aromatic heterocycles. The van der Waals surface area contributed by atoms with Crippen molar-refractivity contribution in [1.29, 1.82) is 0 Å². The van der Waals surface area contributed by atoms with Gasteiger partial charge in [0.1, 0.15) is 0 Å². The molecule has 0 aliphatic rings. The van der Waals surface area contributed by atoms with E-state index in [2.05, 4.69) is 25.2 Å². The van der Waals surface area contributed by atoms with Crippen LogP contribution in [0.3, 0.4) is 0 Å². The molecule has 1 amide bonds. The van der Waals surface area contributed by atoms with Crippen molar-refractivity contribution in [2.45, 2.75) is 11.3 Å². The number of aromatic nitrogens is 3. The Morgan fingerprint density at radius 2 is 2.00 bits per heavy atom. The number of amides is 1. The number of carbonyl (C=O) groups is 1. The van der Waals surface area contributed by atoms with Crippen LogP contribution in [0.1, 0.15) is 6.92 Å². The van der Waals surface area contributed by atoms with E-state index in [0.717, 1.165) is 22.2 Å². The molecule has 0 aliphatic heterocycles. The normalized spacial score (nSPS) is 11.3. The molecular weight excluding hydrogens is 338 g/mol. The van der Waals surface area contributed by atoms with E-state index in [0.29, 0.717) is 5.69 Å². The fourth-order valence-corrected chi connectivity index (χ4v) is 3.83. The number of para-hydroxylation sites is 1. The van der Waals surface area contributed by atoms with E-state index in [9.17, 15) is 13.2 Å². The Hall–Kier alpha value is -2.59. The van der Waals surface area contributed by atoms with E-state index in [4.69, 9.17) is 0 Å². The highest BCUT2D eigenvalue weighted by Crippen LogP contribution is 2.23. The van der Waals surface area contributed by atoms with E-state index in [1.165, 1.54) is 13.1 Å². The van der Waals surface area contributed by atoms with E-state index in [1.54, 1.807) is 6.07 Å². The van der Waals surface area contributed by atoms with Gasteiger partial charge in [0.15, 0.2) is 0 Å². The lowest BCUT2D eigenvalue weighted by atomic mass is 10.2. The lowest BCUT2D eigenvalue weighted by Gasteiger charge is -2.05. The first-order valence-corrected chi connectivity index (χ1v) is 8.73. The fourth-order valence-electron chi connectivity index (χ4n) is 1.85. The Kier molecular flexibility index (Phi) is 3.92. The number of anilines is 2. The molecule has 10 heteroatoms. The molecule has 23 heavy (non-hydrogen) atoms. The minimum Gasteiger partial charge on any atom is -0.301 e.